The summed E-state index contributed by atoms with van der Waals surface area (Å²) in [4.78, 5) is 26.6. The molecule has 0 atom stereocenters. The number of hydrogen-bond acceptors (Lipinski definition) is 7. The molecule has 0 unspecified atom stereocenters. The Morgan fingerprint density at radius 1 is 1.15 bits per heavy atom. The Morgan fingerprint density at radius 2 is 1.97 bits per heavy atom. The molecule has 0 radical (unpaired) electrons. The number of H-pyrrole nitrogens is 1. The van der Waals surface area contributed by atoms with Crippen molar-refractivity contribution < 1.29 is 9.53 Å². The maximum Gasteiger partial charge on any atom is 0.255 e. The Balaban J connectivity index is 1.43. The molecule has 1 aliphatic rings. The van der Waals surface area contributed by atoms with Crippen LogP contribution in [0, 0.1) is 0 Å². The molecule has 33 heavy (non-hydrogen) atoms. The number of fused-ring (bicyclic) bond motifs is 1. The van der Waals surface area contributed by atoms with Gasteiger partial charge in [0.15, 0.2) is 0 Å². The molecular weight excluding hydrogens is 420 g/mol. The molecule has 5 rings (SSSR count). The minimum atomic E-state index is -0.0867. The van der Waals surface area contributed by atoms with Gasteiger partial charge in [-0.15, -0.1) is 0 Å². The van der Waals surface area contributed by atoms with Crippen LogP contribution in [-0.2, 0) is 4.74 Å². The highest BCUT2D eigenvalue weighted by molar-refractivity contribution is 6.01. The van der Waals surface area contributed by atoms with Gasteiger partial charge in [0.05, 0.1) is 34.6 Å². The predicted molar refractivity (Wildman–Crippen MR) is 126 cm³/mol. The van der Waals surface area contributed by atoms with E-state index in [1.165, 1.54) is 0 Å². The van der Waals surface area contributed by atoms with E-state index in [0.29, 0.717) is 34.7 Å². The molecular formula is C23H26N8O2. The second kappa shape index (κ2) is 8.91. The van der Waals surface area contributed by atoms with Crippen LogP contribution in [0.3, 0.4) is 0 Å². The number of amides is 1. The maximum absolute atomic E-state index is 12.6. The van der Waals surface area contributed by atoms with E-state index >= 15 is 0 Å². The van der Waals surface area contributed by atoms with Gasteiger partial charge in [-0.2, -0.15) is 15.1 Å². The molecule has 0 saturated carbocycles. The SMILES string of the molecule is CN(C)C(=O)c1ccccc1Nc1nc(Nc2cnn(C3CCOCC3)c2)nc2[nH]ccc12. The Hall–Kier alpha value is -3.92. The molecule has 10 heteroatoms. The number of para-hydroxylation sites is 1. The smallest absolute Gasteiger partial charge is 0.255 e. The molecule has 1 saturated heterocycles. The van der Waals surface area contributed by atoms with Crippen molar-refractivity contribution in [2.75, 3.05) is 37.9 Å². The van der Waals surface area contributed by atoms with Gasteiger partial charge in [-0.1, -0.05) is 12.1 Å². The summed E-state index contributed by atoms with van der Waals surface area (Å²) in [5.74, 6) is 0.936. The number of carbonyl (C=O) groups is 1. The average Bonchev–Trinajstić information content (AvgIpc) is 3.49. The number of hydrogen-bond donors (Lipinski definition) is 3. The van der Waals surface area contributed by atoms with Gasteiger partial charge in [0, 0.05) is 39.7 Å². The Morgan fingerprint density at radius 3 is 2.79 bits per heavy atom. The molecule has 4 heterocycles. The van der Waals surface area contributed by atoms with Gasteiger partial charge in [0.1, 0.15) is 11.5 Å². The monoisotopic (exact) mass is 446 g/mol. The van der Waals surface area contributed by atoms with Crippen LogP contribution in [0.5, 0.6) is 0 Å². The lowest BCUT2D eigenvalue weighted by Crippen LogP contribution is -2.22. The predicted octanol–water partition coefficient (Wildman–Crippen LogP) is 3.69. The quantitative estimate of drug-likeness (QED) is 0.414. The number of aromatic nitrogens is 5. The van der Waals surface area contributed by atoms with Crippen LogP contribution in [0.1, 0.15) is 29.2 Å². The highest BCUT2D eigenvalue weighted by atomic mass is 16.5. The summed E-state index contributed by atoms with van der Waals surface area (Å²) in [5, 5.41) is 11.9. The number of carbonyl (C=O) groups excluding carboxylic acids is 1. The summed E-state index contributed by atoms with van der Waals surface area (Å²) < 4.78 is 7.42. The zero-order chi connectivity index (χ0) is 22.8. The number of anilines is 4. The maximum atomic E-state index is 12.6. The van der Waals surface area contributed by atoms with Crippen molar-refractivity contribution in [2.24, 2.45) is 0 Å². The van der Waals surface area contributed by atoms with Gasteiger partial charge in [-0.25, -0.2) is 0 Å². The van der Waals surface area contributed by atoms with Gasteiger partial charge in [0.25, 0.3) is 5.91 Å². The summed E-state index contributed by atoms with van der Waals surface area (Å²) in [5.41, 5.74) is 2.73. The van der Waals surface area contributed by atoms with E-state index < -0.39 is 0 Å². The second-order valence-corrected chi connectivity index (χ2v) is 8.18. The van der Waals surface area contributed by atoms with Gasteiger partial charge in [-0.05, 0) is 31.0 Å². The second-order valence-electron chi connectivity index (χ2n) is 8.18. The molecule has 1 amide bonds. The minimum Gasteiger partial charge on any atom is -0.381 e. The average molecular weight is 447 g/mol. The Labute approximate surface area is 191 Å². The summed E-state index contributed by atoms with van der Waals surface area (Å²) in [6, 6.07) is 9.63. The van der Waals surface area contributed by atoms with Gasteiger partial charge >= 0.3 is 0 Å². The molecule has 0 spiro atoms. The number of benzene rings is 1. The minimum absolute atomic E-state index is 0.0867. The lowest BCUT2D eigenvalue weighted by Gasteiger charge is -2.22. The van der Waals surface area contributed by atoms with Crippen LogP contribution in [0.4, 0.5) is 23.1 Å². The molecule has 0 bridgehead atoms. The summed E-state index contributed by atoms with van der Waals surface area (Å²) in [7, 11) is 3.47. The molecule has 10 nitrogen and oxygen atoms in total. The number of ether oxygens (including phenoxy) is 1. The standard InChI is InChI=1S/C23H26N8O2/c1-30(2)22(32)17-5-3-4-6-19(17)27-21-18-7-10-24-20(18)28-23(29-21)26-15-13-25-31(14-15)16-8-11-33-12-9-16/h3-7,10,13-14,16H,8-9,11-12H2,1-2H3,(H3,24,26,27,28,29). The van der Waals surface area contributed by atoms with E-state index in [1.54, 1.807) is 31.3 Å². The third kappa shape index (κ3) is 4.37. The molecule has 3 aromatic heterocycles. The van der Waals surface area contributed by atoms with Crippen molar-refractivity contribution in [3.05, 3.63) is 54.5 Å². The normalized spacial score (nSPS) is 14.4. The van der Waals surface area contributed by atoms with Crippen LogP contribution in [0.15, 0.2) is 48.9 Å². The third-order valence-electron chi connectivity index (χ3n) is 5.66. The van der Waals surface area contributed by atoms with Crippen molar-refractivity contribution in [1.82, 2.24) is 29.6 Å². The van der Waals surface area contributed by atoms with E-state index in [2.05, 4.69) is 25.7 Å². The van der Waals surface area contributed by atoms with Gasteiger partial charge in [0.2, 0.25) is 5.95 Å². The molecule has 4 aromatic rings. The lowest BCUT2D eigenvalue weighted by molar-refractivity contribution is 0.0662. The number of aromatic amines is 1. The Kier molecular flexibility index (Phi) is 5.66. The van der Waals surface area contributed by atoms with Crippen molar-refractivity contribution in [3.63, 3.8) is 0 Å². The van der Waals surface area contributed by atoms with Crippen LogP contribution in [0.2, 0.25) is 0 Å². The first-order chi connectivity index (χ1) is 16.1. The van der Waals surface area contributed by atoms with E-state index in [9.17, 15) is 4.79 Å². The topological polar surface area (TPSA) is 113 Å². The molecule has 1 fully saturated rings. The zero-order valence-corrected chi connectivity index (χ0v) is 18.6. The van der Waals surface area contributed by atoms with Crippen molar-refractivity contribution >= 4 is 40.1 Å². The van der Waals surface area contributed by atoms with Gasteiger partial charge in [-0.3, -0.25) is 9.48 Å². The summed E-state index contributed by atoms with van der Waals surface area (Å²) in [6.07, 6.45) is 7.46. The number of nitrogens with one attached hydrogen (secondary N) is 3. The van der Waals surface area contributed by atoms with Crippen LogP contribution >= 0.6 is 0 Å². The van der Waals surface area contributed by atoms with Crippen molar-refractivity contribution in [3.8, 4) is 0 Å². The van der Waals surface area contributed by atoms with Crippen LogP contribution in [0.25, 0.3) is 11.0 Å². The molecule has 1 aromatic carbocycles. The summed E-state index contributed by atoms with van der Waals surface area (Å²) in [6.45, 7) is 1.51. The first kappa shape index (κ1) is 21.0. The number of nitrogens with zero attached hydrogens (tertiary/aromatic N) is 5. The van der Waals surface area contributed by atoms with E-state index in [-0.39, 0.29) is 5.91 Å². The lowest BCUT2D eigenvalue weighted by atomic mass is 10.1. The molecule has 0 aliphatic carbocycles. The molecule has 170 valence electrons. The van der Waals surface area contributed by atoms with E-state index in [0.717, 1.165) is 37.1 Å². The third-order valence-corrected chi connectivity index (χ3v) is 5.66. The van der Waals surface area contributed by atoms with Gasteiger partial charge < -0.3 is 25.3 Å². The fourth-order valence-electron chi connectivity index (χ4n) is 3.92. The highest BCUT2D eigenvalue weighted by Crippen LogP contribution is 2.28. The van der Waals surface area contributed by atoms with E-state index in [1.807, 2.05) is 41.3 Å². The van der Waals surface area contributed by atoms with Crippen LogP contribution in [-0.4, -0.2) is 62.8 Å². The highest BCUT2D eigenvalue weighted by Gasteiger charge is 2.18. The largest absolute Gasteiger partial charge is 0.381 e. The van der Waals surface area contributed by atoms with Crippen molar-refractivity contribution in [2.45, 2.75) is 18.9 Å². The molecule has 3 N–H and O–H groups in total. The fourth-order valence-corrected chi connectivity index (χ4v) is 3.92. The zero-order valence-electron chi connectivity index (χ0n) is 18.6. The fraction of sp³-hybridized carbons (Fsp3) is 0.304. The van der Waals surface area contributed by atoms with E-state index in [4.69, 9.17) is 9.72 Å². The Bertz CT molecular complexity index is 1270. The van der Waals surface area contributed by atoms with Crippen molar-refractivity contribution in [1.29, 1.82) is 0 Å². The summed E-state index contributed by atoms with van der Waals surface area (Å²) >= 11 is 0. The number of rotatable bonds is 6. The van der Waals surface area contributed by atoms with Crippen LogP contribution < -0.4 is 10.6 Å². The first-order valence-corrected chi connectivity index (χ1v) is 10.9. The first-order valence-electron chi connectivity index (χ1n) is 10.9. The molecule has 1 aliphatic heterocycles.